The van der Waals surface area contributed by atoms with Crippen LogP contribution in [0.2, 0.25) is 0 Å². The van der Waals surface area contributed by atoms with Gasteiger partial charge in [-0.05, 0) is 61.9 Å². The van der Waals surface area contributed by atoms with E-state index in [0.717, 1.165) is 36.2 Å². The van der Waals surface area contributed by atoms with Crippen molar-refractivity contribution in [3.63, 3.8) is 0 Å². The molecule has 1 heterocycles. The van der Waals surface area contributed by atoms with Crippen LogP contribution in [0.15, 0.2) is 60.3 Å². The Morgan fingerprint density at radius 1 is 1.06 bits per heavy atom. The molecule has 2 amide bonds. The van der Waals surface area contributed by atoms with Crippen LogP contribution in [0.1, 0.15) is 37.7 Å². The van der Waals surface area contributed by atoms with Gasteiger partial charge in [0, 0.05) is 24.4 Å². The van der Waals surface area contributed by atoms with Gasteiger partial charge in [-0.1, -0.05) is 30.3 Å². The van der Waals surface area contributed by atoms with Crippen molar-refractivity contribution in [1.82, 2.24) is 5.32 Å². The fourth-order valence-corrected chi connectivity index (χ4v) is 4.82. The van der Waals surface area contributed by atoms with Crippen molar-refractivity contribution < 1.29 is 19.1 Å². The predicted octanol–water partition coefficient (Wildman–Crippen LogP) is 4.24. The molecule has 32 heavy (non-hydrogen) atoms. The molecule has 4 rings (SSSR count). The highest BCUT2D eigenvalue weighted by Crippen LogP contribution is 2.48. The molecule has 1 unspecified atom stereocenters. The zero-order valence-corrected chi connectivity index (χ0v) is 18.7. The molecule has 0 bridgehead atoms. The molecule has 6 nitrogen and oxygen atoms in total. The molecule has 1 N–H and O–H groups in total. The van der Waals surface area contributed by atoms with Crippen molar-refractivity contribution in [3.8, 4) is 11.5 Å². The number of hydrogen-bond acceptors (Lipinski definition) is 4. The molecule has 1 saturated heterocycles. The van der Waals surface area contributed by atoms with Gasteiger partial charge in [-0.2, -0.15) is 0 Å². The molecule has 1 aliphatic heterocycles. The van der Waals surface area contributed by atoms with Crippen LogP contribution in [0.25, 0.3) is 0 Å². The maximum Gasteiger partial charge on any atom is 0.232 e. The van der Waals surface area contributed by atoms with E-state index in [-0.39, 0.29) is 11.8 Å². The number of fused-ring (bicyclic) bond motifs is 1. The first-order chi connectivity index (χ1) is 15.6. The number of benzene rings is 2. The van der Waals surface area contributed by atoms with Crippen LogP contribution < -0.4 is 19.7 Å². The third-order valence-electron chi connectivity index (χ3n) is 6.49. The molecule has 2 aromatic rings. The lowest BCUT2D eigenvalue weighted by molar-refractivity contribution is -0.132. The number of carbonyl (C=O) groups excluding carboxylic acids is 2. The molecule has 1 atom stereocenters. The second-order valence-electron chi connectivity index (χ2n) is 8.32. The number of nitrogens with zero attached hydrogens (tertiary/aromatic N) is 1. The molecule has 0 spiro atoms. The molecular weight excluding hydrogens is 404 g/mol. The standard InChI is InChI=1S/C26H30N2O4/c1-31-21-12-11-19(18-22(21)32-2)14-17-27-25(30)26-15-7-6-10-23(26)28(24(29)13-16-26)20-8-4-3-5-9-20/h3-5,8-12,18H,6-7,13-17H2,1-2H3,(H,27,30). The van der Waals surface area contributed by atoms with E-state index in [0.29, 0.717) is 37.3 Å². The summed E-state index contributed by atoms with van der Waals surface area (Å²) in [6, 6.07) is 15.4. The number of methoxy groups -OCH3 is 2. The highest BCUT2D eigenvalue weighted by atomic mass is 16.5. The smallest absolute Gasteiger partial charge is 0.232 e. The second kappa shape index (κ2) is 9.47. The number of nitrogens with one attached hydrogen (secondary N) is 1. The summed E-state index contributed by atoms with van der Waals surface area (Å²) in [5, 5.41) is 3.15. The van der Waals surface area contributed by atoms with Gasteiger partial charge in [-0.25, -0.2) is 0 Å². The summed E-state index contributed by atoms with van der Waals surface area (Å²) in [6.45, 7) is 0.516. The largest absolute Gasteiger partial charge is 0.493 e. The highest BCUT2D eigenvalue weighted by molar-refractivity contribution is 6.02. The maximum absolute atomic E-state index is 13.5. The van der Waals surface area contributed by atoms with Crippen molar-refractivity contribution >= 4 is 17.5 Å². The Morgan fingerprint density at radius 2 is 1.84 bits per heavy atom. The number of piperidine rings is 1. The van der Waals surface area contributed by atoms with Gasteiger partial charge < -0.3 is 14.8 Å². The van der Waals surface area contributed by atoms with Gasteiger partial charge in [0.2, 0.25) is 11.8 Å². The van der Waals surface area contributed by atoms with E-state index >= 15 is 0 Å². The van der Waals surface area contributed by atoms with E-state index in [1.807, 2.05) is 48.5 Å². The first kappa shape index (κ1) is 21.9. The van der Waals surface area contributed by atoms with Crippen molar-refractivity contribution in [2.75, 3.05) is 25.7 Å². The van der Waals surface area contributed by atoms with Crippen molar-refractivity contribution in [2.45, 2.75) is 38.5 Å². The van der Waals surface area contributed by atoms with Gasteiger partial charge in [0.1, 0.15) is 0 Å². The lowest BCUT2D eigenvalue weighted by atomic mass is 9.69. The number of para-hydroxylation sites is 1. The molecule has 0 saturated carbocycles. The Bertz CT molecular complexity index is 1020. The Labute approximate surface area is 189 Å². The van der Waals surface area contributed by atoms with Crippen LogP contribution in [0.5, 0.6) is 11.5 Å². The lowest BCUT2D eigenvalue weighted by Gasteiger charge is -2.45. The third kappa shape index (κ3) is 4.09. The van der Waals surface area contributed by atoms with E-state index in [1.165, 1.54) is 0 Å². The lowest BCUT2D eigenvalue weighted by Crippen LogP contribution is -2.53. The van der Waals surface area contributed by atoms with Gasteiger partial charge in [-0.3, -0.25) is 14.5 Å². The maximum atomic E-state index is 13.5. The minimum absolute atomic E-state index is 0.0114. The summed E-state index contributed by atoms with van der Waals surface area (Å²) in [6.07, 6.45) is 6.29. The Morgan fingerprint density at radius 3 is 2.59 bits per heavy atom. The van der Waals surface area contributed by atoms with Crippen molar-refractivity contribution in [3.05, 3.63) is 65.9 Å². The summed E-state index contributed by atoms with van der Waals surface area (Å²) >= 11 is 0. The van der Waals surface area contributed by atoms with Crippen LogP contribution in [-0.4, -0.2) is 32.6 Å². The zero-order chi connectivity index (χ0) is 22.6. The number of carbonyl (C=O) groups is 2. The summed E-state index contributed by atoms with van der Waals surface area (Å²) in [5.74, 6) is 1.43. The van der Waals surface area contributed by atoms with Crippen LogP contribution in [0.4, 0.5) is 5.69 Å². The van der Waals surface area contributed by atoms with Gasteiger partial charge in [-0.15, -0.1) is 0 Å². The van der Waals surface area contributed by atoms with Gasteiger partial charge in [0.25, 0.3) is 0 Å². The molecule has 1 fully saturated rings. The second-order valence-corrected chi connectivity index (χ2v) is 8.32. The fraction of sp³-hybridized carbons (Fsp3) is 0.385. The normalized spacial score (nSPS) is 20.2. The number of ether oxygens (including phenoxy) is 2. The summed E-state index contributed by atoms with van der Waals surface area (Å²) in [7, 11) is 3.22. The van der Waals surface area contributed by atoms with E-state index < -0.39 is 5.41 Å². The number of allylic oxidation sites excluding steroid dienone is 1. The number of hydrogen-bond donors (Lipinski definition) is 1. The quantitative estimate of drug-likeness (QED) is 0.708. The van der Waals surface area contributed by atoms with Crippen LogP contribution in [0.3, 0.4) is 0 Å². The molecule has 168 valence electrons. The molecular formula is C26H30N2O4. The van der Waals surface area contributed by atoms with Gasteiger partial charge in [0.15, 0.2) is 11.5 Å². The minimum atomic E-state index is -0.653. The average molecular weight is 435 g/mol. The average Bonchev–Trinajstić information content (AvgIpc) is 2.84. The third-order valence-corrected chi connectivity index (χ3v) is 6.49. The number of amides is 2. The molecule has 2 aromatic carbocycles. The SMILES string of the molecule is COc1ccc(CCNC(=O)C23CCCC=C2N(c2ccccc2)C(=O)CC3)cc1OC. The summed E-state index contributed by atoms with van der Waals surface area (Å²) in [5.41, 5.74) is 2.08. The summed E-state index contributed by atoms with van der Waals surface area (Å²) in [4.78, 5) is 28.1. The van der Waals surface area contributed by atoms with Gasteiger partial charge in [0.05, 0.1) is 19.6 Å². The van der Waals surface area contributed by atoms with Crippen LogP contribution in [0, 0.1) is 5.41 Å². The first-order valence-electron chi connectivity index (χ1n) is 11.2. The van der Waals surface area contributed by atoms with E-state index in [1.54, 1.807) is 19.1 Å². The van der Waals surface area contributed by atoms with E-state index in [4.69, 9.17) is 9.47 Å². The molecule has 0 radical (unpaired) electrons. The molecule has 0 aromatic heterocycles. The predicted molar refractivity (Wildman–Crippen MR) is 124 cm³/mol. The molecule has 2 aliphatic rings. The van der Waals surface area contributed by atoms with Crippen LogP contribution in [-0.2, 0) is 16.0 Å². The fourth-order valence-electron chi connectivity index (χ4n) is 4.82. The van der Waals surface area contributed by atoms with E-state index in [2.05, 4.69) is 11.4 Å². The molecule has 6 heteroatoms. The van der Waals surface area contributed by atoms with E-state index in [9.17, 15) is 9.59 Å². The first-order valence-corrected chi connectivity index (χ1v) is 11.2. The summed E-state index contributed by atoms with van der Waals surface area (Å²) < 4.78 is 10.7. The van der Waals surface area contributed by atoms with Crippen molar-refractivity contribution in [2.24, 2.45) is 5.41 Å². The Hall–Kier alpha value is -3.28. The van der Waals surface area contributed by atoms with Gasteiger partial charge >= 0.3 is 0 Å². The van der Waals surface area contributed by atoms with Crippen LogP contribution >= 0.6 is 0 Å². The zero-order valence-electron chi connectivity index (χ0n) is 18.7. The highest BCUT2D eigenvalue weighted by Gasteiger charge is 2.49. The Kier molecular flexibility index (Phi) is 6.49. The number of rotatable bonds is 7. The molecule has 1 aliphatic carbocycles. The minimum Gasteiger partial charge on any atom is -0.493 e. The Balaban J connectivity index is 1.50. The number of anilines is 1. The topological polar surface area (TPSA) is 67.9 Å². The van der Waals surface area contributed by atoms with Crippen molar-refractivity contribution in [1.29, 1.82) is 0 Å². The monoisotopic (exact) mass is 434 g/mol.